The second-order valence-corrected chi connectivity index (χ2v) is 4.03. The summed E-state index contributed by atoms with van der Waals surface area (Å²) >= 11 is 0. The first-order valence-electron chi connectivity index (χ1n) is 5.84. The zero-order valence-electron chi connectivity index (χ0n) is 10.5. The second-order valence-electron chi connectivity index (χ2n) is 4.03. The van der Waals surface area contributed by atoms with Gasteiger partial charge in [-0.3, -0.25) is 0 Å². The Labute approximate surface area is 111 Å². The minimum atomic E-state index is -0.322. The Bertz CT molecular complexity index is 603. The lowest BCUT2D eigenvalue weighted by Gasteiger charge is -2.09. The molecule has 0 aliphatic heterocycles. The molecule has 0 aromatic heterocycles. The van der Waals surface area contributed by atoms with Crippen LogP contribution in [0.3, 0.4) is 0 Å². The molecule has 2 aromatic rings. The predicted molar refractivity (Wildman–Crippen MR) is 70.4 cm³/mol. The number of nitrogens with zero attached hydrogens (tertiary/aromatic N) is 1. The van der Waals surface area contributed by atoms with Gasteiger partial charge in [-0.15, -0.1) is 0 Å². The standard InChI is InChI=1S/C15H13FN2O/c1-18-10-11-2-7-15(12(8-11)9-17)19-14-5-3-13(16)4-6-14/h2-8,18H,10H2,1H3. The maximum absolute atomic E-state index is 12.8. The quantitative estimate of drug-likeness (QED) is 0.913. The smallest absolute Gasteiger partial charge is 0.145 e. The van der Waals surface area contributed by atoms with Crippen molar-refractivity contribution in [3.05, 3.63) is 59.4 Å². The highest BCUT2D eigenvalue weighted by atomic mass is 19.1. The molecule has 0 bridgehead atoms. The van der Waals surface area contributed by atoms with Gasteiger partial charge < -0.3 is 10.1 Å². The van der Waals surface area contributed by atoms with Crippen molar-refractivity contribution in [2.75, 3.05) is 7.05 Å². The molecule has 0 heterocycles. The maximum atomic E-state index is 12.8. The number of nitriles is 1. The van der Waals surface area contributed by atoms with E-state index in [-0.39, 0.29) is 5.82 Å². The first kappa shape index (κ1) is 13.1. The number of halogens is 1. The van der Waals surface area contributed by atoms with Gasteiger partial charge >= 0.3 is 0 Å². The Balaban J connectivity index is 2.25. The highest BCUT2D eigenvalue weighted by molar-refractivity contribution is 5.47. The van der Waals surface area contributed by atoms with E-state index in [4.69, 9.17) is 10.00 Å². The van der Waals surface area contributed by atoms with Crippen LogP contribution < -0.4 is 10.1 Å². The van der Waals surface area contributed by atoms with Gasteiger partial charge in [-0.1, -0.05) is 6.07 Å². The molecule has 3 nitrogen and oxygen atoms in total. The molecule has 0 aliphatic rings. The number of rotatable bonds is 4. The number of nitrogens with one attached hydrogen (secondary N) is 1. The molecule has 0 atom stereocenters. The Morgan fingerprint density at radius 3 is 2.58 bits per heavy atom. The number of hydrogen-bond acceptors (Lipinski definition) is 3. The molecule has 0 saturated carbocycles. The van der Waals surface area contributed by atoms with Crippen molar-refractivity contribution in [3.63, 3.8) is 0 Å². The summed E-state index contributed by atoms with van der Waals surface area (Å²) in [6.07, 6.45) is 0. The molecule has 19 heavy (non-hydrogen) atoms. The van der Waals surface area contributed by atoms with Crippen molar-refractivity contribution >= 4 is 0 Å². The van der Waals surface area contributed by atoms with Crippen LogP contribution >= 0.6 is 0 Å². The molecule has 0 amide bonds. The summed E-state index contributed by atoms with van der Waals surface area (Å²) in [7, 11) is 1.84. The predicted octanol–water partition coefficient (Wildman–Crippen LogP) is 3.21. The van der Waals surface area contributed by atoms with E-state index in [0.717, 1.165) is 5.56 Å². The lowest BCUT2D eigenvalue weighted by Crippen LogP contribution is -2.05. The minimum absolute atomic E-state index is 0.322. The zero-order valence-corrected chi connectivity index (χ0v) is 10.5. The van der Waals surface area contributed by atoms with Gasteiger partial charge in [0.1, 0.15) is 23.4 Å². The Morgan fingerprint density at radius 1 is 1.21 bits per heavy atom. The molecule has 0 aliphatic carbocycles. The van der Waals surface area contributed by atoms with Gasteiger partial charge in [0, 0.05) is 6.54 Å². The molecule has 1 N–H and O–H groups in total. The zero-order chi connectivity index (χ0) is 13.7. The van der Waals surface area contributed by atoms with Gasteiger partial charge in [-0.05, 0) is 49.0 Å². The third-order valence-electron chi connectivity index (χ3n) is 2.59. The summed E-state index contributed by atoms with van der Waals surface area (Å²) < 4.78 is 18.4. The van der Waals surface area contributed by atoms with Crippen LogP contribution in [0.1, 0.15) is 11.1 Å². The van der Waals surface area contributed by atoms with E-state index in [2.05, 4.69) is 11.4 Å². The second kappa shape index (κ2) is 5.98. The summed E-state index contributed by atoms with van der Waals surface area (Å²) in [5.74, 6) is 0.644. The fraction of sp³-hybridized carbons (Fsp3) is 0.133. The van der Waals surface area contributed by atoms with Crippen LogP contribution in [-0.4, -0.2) is 7.05 Å². The van der Waals surface area contributed by atoms with Gasteiger partial charge in [0.25, 0.3) is 0 Å². The average Bonchev–Trinajstić information content (AvgIpc) is 2.43. The van der Waals surface area contributed by atoms with E-state index in [1.165, 1.54) is 24.3 Å². The van der Waals surface area contributed by atoms with Gasteiger partial charge in [0.05, 0.1) is 5.56 Å². The SMILES string of the molecule is CNCc1ccc(Oc2ccc(F)cc2)c(C#N)c1. The molecule has 2 rings (SSSR count). The van der Waals surface area contributed by atoms with Gasteiger partial charge in [0.2, 0.25) is 0 Å². The fourth-order valence-electron chi connectivity index (χ4n) is 1.70. The van der Waals surface area contributed by atoms with Crippen molar-refractivity contribution in [2.24, 2.45) is 0 Å². The molecule has 0 unspecified atom stereocenters. The van der Waals surface area contributed by atoms with Crippen molar-refractivity contribution in [1.82, 2.24) is 5.32 Å². The fourth-order valence-corrected chi connectivity index (χ4v) is 1.70. The minimum Gasteiger partial charge on any atom is -0.456 e. The molecule has 0 radical (unpaired) electrons. The van der Waals surface area contributed by atoms with Gasteiger partial charge in [0.15, 0.2) is 0 Å². The van der Waals surface area contributed by atoms with Crippen molar-refractivity contribution in [2.45, 2.75) is 6.54 Å². The molecule has 0 saturated heterocycles. The van der Waals surface area contributed by atoms with Gasteiger partial charge in [-0.25, -0.2) is 4.39 Å². The lowest BCUT2D eigenvalue weighted by atomic mass is 10.1. The van der Waals surface area contributed by atoms with Crippen LogP contribution in [0, 0.1) is 17.1 Å². The van der Waals surface area contributed by atoms with Crippen LogP contribution in [0.15, 0.2) is 42.5 Å². The monoisotopic (exact) mass is 256 g/mol. The largest absolute Gasteiger partial charge is 0.456 e. The summed E-state index contributed by atoms with van der Waals surface area (Å²) in [6, 6.07) is 13.2. The van der Waals surface area contributed by atoms with Gasteiger partial charge in [-0.2, -0.15) is 5.26 Å². The van der Waals surface area contributed by atoms with E-state index >= 15 is 0 Å². The summed E-state index contributed by atoms with van der Waals surface area (Å²) in [5, 5.41) is 12.1. The first-order valence-corrected chi connectivity index (χ1v) is 5.84. The summed E-state index contributed by atoms with van der Waals surface area (Å²) in [4.78, 5) is 0. The van der Waals surface area contributed by atoms with Crippen molar-refractivity contribution in [3.8, 4) is 17.6 Å². The Kier molecular flexibility index (Phi) is 4.11. The lowest BCUT2D eigenvalue weighted by molar-refractivity contribution is 0.478. The van der Waals surface area contributed by atoms with E-state index in [9.17, 15) is 4.39 Å². The van der Waals surface area contributed by atoms with Crippen molar-refractivity contribution in [1.29, 1.82) is 5.26 Å². The summed E-state index contributed by atoms with van der Waals surface area (Å²) in [5.41, 5.74) is 1.46. The molecule has 4 heteroatoms. The molecular weight excluding hydrogens is 243 g/mol. The summed E-state index contributed by atoms with van der Waals surface area (Å²) in [6.45, 7) is 0.686. The van der Waals surface area contributed by atoms with E-state index in [0.29, 0.717) is 23.6 Å². The molecular formula is C15H13FN2O. The topological polar surface area (TPSA) is 45.0 Å². The maximum Gasteiger partial charge on any atom is 0.145 e. The highest BCUT2D eigenvalue weighted by Crippen LogP contribution is 2.26. The average molecular weight is 256 g/mol. The number of benzene rings is 2. The molecule has 0 fully saturated rings. The first-order chi connectivity index (χ1) is 9.22. The van der Waals surface area contributed by atoms with Crippen molar-refractivity contribution < 1.29 is 9.13 Å². The normalized spacial score (nSPS) is 9.95. The van der Waals surface area contributed by atoms with Crippen LogP contribution in [0.5, 0.6) is 11.5 Å². The third-order valence-corrected chi connectivity index (χ3v) is 2.59. The number of hydrogen-bond donors (Lipinski definition) is 1. The van der Waals surface area contributed by atoms with Crippen LogP contribution in [0.4, 0.5) is 4.39 Å². The van der Waals surface area contributed by atoms with Crippen LogP contribution in [0.2, 0.25) is 0 Å². The Morgan fingerprint density at radius 2 is 1.95 bits per heavy atom. The van der Waals surface area contributed by atoms with E-state index in [1.54, 1.807) is 12.1 Å². The van der Waals surface area contributed by atoms with E-state index < -0.39 is 0 Å². The Hall–Kier alpha value is -2.38. The molecule has 2 aromatic carbocycles. The molecule has 0 spiro atoms. The number of ether oxygens (including phenoxy) is 1. The van der Waals surface area contributed by atoms with Crippen LogP contribution in [-0.2, 0) is 6.54 Å². The highest BCUT2D eigenvalue weighted by Gasteiger charge is 2.06. The third kappa shape index (κ3) is 3.30. The van der Waals surface area contributed by atoms with Crippen LogP contribution in [0.25, 0.3) is 0 Å². The van der Waals surface area contributed by atoms with E-state index in [1.807, 2.05) is 13.1 Å². The molecule has 96 valence electrons.